The third kappa shape index (κ3) is 3.66. The molecule has 2 aromatic rings. The average molecular weight is 369 g/mol. The summed E-state index contributed by atoms with van der Waals surface area (Å²) >= 11 is 0.818. The van der Waals surface area contributed by atoms with Gasteiger partial charge in [-0.05, 0) is 30.7 Å². The van der Waals surface area contributed by atoms with Crippen LogP contribution in [0.2, 0.25) is 0 Å². The van der Waals surface area contributed by atoms with E-state index < -0.39 is 29.5 Å². The van der Waals surface area contributed by atoms with Gasteiger partial charge in [0.25, 0.3) is 5.91 Å². The lowest BCUT2D eigenvalue weighted by atomic mass is 10.1. The largest absolute Gasteiger partial charge is 0.465 e. The molecule has 0 fully saturated rings. The fourth-order valence-electron chi connectivity index (χ4n) is 2.05. The van der Waals surface area contributed by atoms with Crippen LogP contribution in [0.25, 0.3) is 0 Å². The van der Waals surface area contributed by atoms with Crippen LogP contribution in [0.1, 0.15) is 36.0 Å². The van der Waals surface area contributed by atoms with E-state index in [4.69, 9.17) is 0 Å². The molecule has 0 atom stereocenters. The quantitative estimate of drug-likeness (QED) is 0.838. The van der Waals surface area contributed by atoms with E-state index in [0.717, 1.165) is 36.6 Å². The Balaban J connectivity index is 2.43. The lowest BCUT2D eigenvalue weighted by Gasteiger charge is -2.06. The van der Waals surface area contributed by atoms with Crippen molar-refractivity contribution >= 4 is 34.2 Å². The molecule has 1 N–H and O–H groups in total. The summed E-state index contributed by atoms with van der Waals surface area (Å²) in [5, 5.41) is 2.45. The Morgan fingerprint density at radius 1 is 1.04 bits per heavy atom. The summed E-state index contributed by atoms with van der Waals surface area (Å²) in [5.41, 5.74) is 0.119. The Morgan fingerprint density at radius 2 is 1.68 bits per heavy atom. The second-order valence-corrected chi connectivity index (χ2v) is 5.85. The van der Waals surface area contributed by atoms with Crippen molar-refractivity contribution in [3.8, 4) is 0 Å². The summed E-state index contributed by atoms with van der Waals surface area (Å²) < 4.78 is 35.5. The highest BCUT2D eigenvalue weighted by atomic mass is 32.1. The van der Waals surface area contributed by atoms with Crippen molar-refractivity contribution < 1.29 is 32.6 Å². The van der Waals surface area contributed by atoms with E-state index in [2.05, 4.69) is 14.8 Å². The van der Waals surface area contributed by atoms with Crippen molar-refractivity contribution in [2.24, 2.45) is 0 Å². The van der Waals surface area contributed by atoms with Gasteiger partial charge in [0, 0.05) is 5.56 Å². The van der Waals surface area contributed by atoms with Gasteiger partial charge in [-0.2, -0.15) is 0 Å². The number of benzene rings is 1. The molecule has 6 nitrogen and oxygen atoms in total. The van der Waals surface area contributed by atoms with Gasteiger partial charge in [0.1, 0.15) is 9.88 Å². The third-order valence-electron chi connectivity index (χ3n) is 3.32. The Morgan fingerprint density at radius 3 is 2.24 bits per heavy atom. The number of anilines is 1. The number of rotatable bonds is 4. The molecule has 0 aliphatic rings. The first-order chi connectivity index (χ1) is 11.8. The summed E-state index contributed by atoms with van der Waals surface area (Å²) in [6.45, 7) is 1.50. The second-order valence-electron chi connectivity index (χ2n) is 4.83. The number of nitrogens with one attached hydrogen (secondary N) is 1. The number of hydrogen-bond donors (Lipinski definition) is 1. The molecule has 1 aromatic carbocycles. The molecule has 1 amide bonds. The van der Waals surface area contributed by atoms with Crippen molar-refractivity contribution in [1.29, 1.82) is 0 Å². The molecule has 0 bridgehead atoms. The number of carbonyl (C=O) groups excluding carboxylic acids is 3. The number of amides is 1. The normalized spacial score (nSPS) is 10.3. The van der Waals surface area contributed by atoms with Crippen molar-refractivity contribution in [2.75, 3.05) is 19.5 Å². The molecular formula is C16H13F2NO5S. The minimum atomic E-state index is -1.18. The van der Waals surface area contributed by atoms with Crippen LogP contribution >= 0.6 is 11.3 Å². The number of thiophene rings is 1. The zero-order chi connectivity index (χ0) is 18.7. The molecule has 1 aromatic heterocycles. The van der Waals surface area contributed by atoms with Gasteiger partial charge in [0.15, 0.2) is 11.6 Å². The molecule has 0 saturated heterocycles. The summed E-state index contributed by atoms with van der Waals surface area (Å²) in [5.74, 6) is -4.49. The minimum Gasteiger partial charge on any atom is -0.465 e. The maximum absolute atomic E-state index is 13.3. The van der Waals surface area contributed by atoms with E-state index in [1.165, 1.54) is 14.0 Å². The number of ether oxygens (including phenoxy) is 2. The molecule has 0 spiro atoms. The summed E-state index contributed by atoms with van der Waals surface area (Å²) in [4.78, 5) is 36.1. The van der Waals surface area contributed by atoms with E-state index in [9.17, 15) is 23.2 Å². The van der Waals surface area contributed by atoms with Crippen LogP contribution in [0.4, 0.5) is 13.8 Å². The molecule has 132 valence electrons. The number of halogens is 2. The van der Waals surface area contributed by atoms with Gasteiger partial charge in [-0.1, -0.05) is 0 Å². The summed E-state index contributed by atoms with van der Waals surface area (Å²) in [6, 6.07) is 2.63. The molecule has 2 rings (SSSR count). The van der Waals surface area contributed by atoms with Crippen molar-refractivity contribution in [1.82, 2.24) is 0 Å². The van der Waals surface area contributed by atoms with E-state index in [0.29, 0.717) is 0 Å². The minimum absolute atomic E-state index is 0.0103. The van der Waals surface area contributed by atoms with E-state index in [1.54, 1.807) is 0 Å². The van der Waals surface area contributed by atoms with E-state index >= 15 is 0 Å². The van der Waals surface area contributed by atoms with Crippen LogP contribution in [0, 0.1) is 18.6 Å². The highest BCUT2D eigenvalue weighted by molar-refractivity contribution is 7.18. The smallest absolute Gasteiger partial charge is 0.348 e. The summed E-state index contributed by atoms with van der Waals surface area (Å²) in [7, 11) is 2.33. The first-order valence-electron chi connectivity index (χ1n) is 6.86. The predicted octanol–water partition coefficient (Wildman–Crippen LogP) is 3.16. The Hall–Kier alpha value is -2.81. The van der Waals surface area contributed by atoms with Crippen LogP contribution in [-0.2, 0) is 9.47 Å². The average Bonchev–Trinajstić information content (AvgIpc) is 2.92. The van der Waals surface area contributed by atoms with Gasteiger partial charge in [-0.3, -0.25) is 4.79 Å². The van der Waals surface area contributed by atoms with Crippen molar-refractivity contribution in [3.05, 3.63) is 51.4 Å². The Kier molecular flexibility index (Phi) is 5.48. The molecule has 0 aliphatic heterocycles. The third-order valence-corrected chi connectivity index (χ3v) is 4.50. The number of hydrogen-bond acceptors (Lipinski definition) is 6. The molecule has 0 aliphatic carbocycles. The number of esters is 2. The van der Waals surface area contributed by atoms with Crippen LogP contribution in [0.5, 0.6) is 0 Å². The first-order valence-corrected chi connectivity index (χ1v) is 7.68. The van der Waals surface area contributed by atoms with Gasteiger partial charge in [0.05, 0.1) is 19.8 Å². The molecule has 25 heavy (non-hydrogen) atoms. The fourth-order valence-corrected chi connectivity index (χ4v) is 3.16. The van der Waals surface area contributed by atoms with Crippen molar-refractivity contribution in [3.63, 3.8) is 0 Å². The molecule has 9 heteroatoms. The SMILES string of the molecule is COC(=O)c1sc(NC(=O)c2ccc(F)c(F)c2)c(C(=O)OC)c1C. The van der Waals surface area contributed by atoms with E-state index in [-0.39, 0.29) is 26.6 Å². The highest BCUT2D eigenvalue weighted by Gasteiger charge is 2.27. The topological polar surface area (TPSA) is 81.7 Å². The van der Waals surface area contributed by atoms with Gasteiger partial charge < -0.3 is 14.8 Å². The molecular weight excluding hydrogens is 356 g/mol. The Bertz CT molecular complexity index is 862. The molecule has 0 saturated carbocycles. The molecule has 0 radical (unpaired) electrons. The highest BCUT2D eigenvalue weighted by Crippen LogP contribution is 2.34. The summed E-state index contributed by atoms with van der Waals surface area (Å²) in [6.07, 6.45) is 0. The maximum atomic E-state index is 13.3. The zero-order valence-electron chi connectivity index (χ0n) is 13.4. The van der Waals surface area contributed by atoms with Crippen LogP contribution in [0.15, 0.2) is 18.2 Å². The van der Waals surface area contributed by atoms with E-state index in [1.807, 2.05) is 0 Å². The van der Waals surface area contributed by atoms with Gasteiger partial charge >= 0.3 is 11.9 Å². The standard InChI is InChI=1S/C16H13F2NO5S/c1-7-11(15(21)23-2)14(25-12(7)16(22)24-3)19-13(20)8-4-5-9(17)10(18)6-8/h4-6H,1-3H3,(H,19,20). The lowest BCUT2D eigenvalue weighted by molar-refractivity contribution is 0.0601. The zero-order valence-corrected chi connectivity index (χ0v) is 14.3. The lowest BCUT2D eigenvalue weighted by Crippen LogP contribution is -2.14. The fraction of sp³-hybridized carbons (Fsp3) is 0.188. The maximum Gasteiger partial charge on any atom is 0.348 e. The monoisotopic (exact) mass is 369 g/mol. The first kappa shape index (κ1) is 18.5. The molecule has 1 heterocycles. The predicted molar refractivity (Wildman–Crippen MR) is 86.0 cm³/mol. The van der Waals surface area contributed by atoms with Crippen LogP contribution < -0.4 is 5.32 Å². The van der Waals surface area contributed by atoms with Crippen molar-refractivity contribution in [2.45, 2.75) is 6.92 Å². The molecule has 0 unspecified atom stereocenters. The van der Waals surface area contributed by atoms with Gasteiger partial charge in [-0.25, -0.2) is 18.4 Å². The number of methoxy groups -OCH3 is 2. The number of carbonyl (C=O) groups is 3. The second kappa shape index (κ2) is 7.39. The van der Waals surface area contributed by atoms with Crippen LogP contribution in [0.3, 0.4) is 0 Å². The van der Waals surface area contributed by atoms with Gasteiger partial charge in [0.2, 0.25) is 0 Å². The Labute approximate surface area is 145 Å². The van der Waals surface area contributed by atoms with Gasteiger partial charge in [-0.15, -0.1) is 11.3 Å². The van der Waals surface area contributed by atoms with Crippen LogP contribution in [-0.4, -0.2) is 32.1 Å².